The molecular weight excluding hydrogens is 593 g/mol. The number of aliphatic carboxylic acids is 1. The highest BCUT2D eigenvalue weighted by atomic mass is 32.1. The maximum atomic E-state index is 13.7. The van der Waals surface area contributed by atoms with E-state index in [0.29, 0.717) is 67.4 Å². The number of alkyl halides is 3. The van der Waals surface area contributed by atoms with E-state index < -0.39 is 17.7 Å². The number of Topliss-reactive ketones (excluding diaryl/α,β-unsaturated/α-hetero) is 1. The van der Waals surface area contributed by atoms with E-state index in [2.05, 4.69) is 31.6 Å². The van der Waals surface area contributed by atoms with E-state index in [0.717, 1.165) is 36.8 Å². The van der Waals surface area contributed by atoms with Gasteiger partial charge in [0.05, 0.1) is 36.5 Å². The molecule has 236 valence electrons. The summed E-state index contributed by atoms with van der Waals surface area (Å²) in [4.78, 5) is 45.0. The molecule has 0 amide bonds. The molecule has 13 heteroatoms. The predicted octanol–water partition coefficient (Wildman–Crippen LogP) is 5.32. The molecule has 2 saturated heterocycles. The molecule has 5 rings (SSSR count). The summed E-state index contributed by atoms with van der Waals surface area (Å²) in [6.07, 6.45) is 1.80. The summed E-state index contributed by atoms with van der Waals surface area (Å²) in [5.74, 6) is -0.428. The fourth-order valence-corrected chi connectivity index (χ4v) is 7.06. The van der Waals surface area contributed by atoms with E-state index in [4.69, 9.17) is 10.1 Å². The number of thiazole rings is 1. The molecule has 2 aliphatic rings. The third kappa shape index (κ3) is 7.62. The molecule has 0 saturated carbocycles. The van der Waals surface area contributed by atoms with E-state index in [1.807, 2.05) is 0 Å². The molecule has 0 spiro atoms. The van der Waals surface area contributed by atoms with Crippen molar-refractivity contribution in [3.63, 3.8) is 0 Å². The van der Waals surface area contributed by atoms with Crippen molar-refractivity contribution >= 4 is 28.9 Å². The fraction of sp³-hybridized carbons (Fsp3) is 0.516. The van der Waals surface area contributed by atoms with Crippen LogP contribution < -0.4 is 4.90 Å². The molecule has 0 aliphatic carbocycles. The Balaban J connectivity index is 1.32. The van der Waals surface area contributed by atoms with Gasteiger partial charge in [0.1, 0.15) is 16.5 Å². The third-order valence-electron chi connectivity index (χ3n) is 8.45. The number of benzene rings is 1. The minimum absolute atomic E-state index is 0.0247. The first kappa shape index (κ1) is 32.0. The van der Waals surface area contributed by atoms with E-state index in [1.165, 1.54) is 30.5 Å². The fourth-order valence-electron chi connectivity index (χ4n) is 5.94. The van der Waals surface area contributed by atoms with Gasteiger partial charge in [-0.3, -0.25) is 19.4 Å². The largest absolute Gasteiger partial charge is 0.481 e. The second kappa shape index (κ2) is 13.7. The average Bonchev–Trinajstić information content (AvgIpc) is 3.62. The Hall–Kier alpha value is -3.42. The van der Waals surface area contributed by atoms with Crippen molar-refractivity contribution in [1.29, 1.82) is 0 Å². The Morgan fingerprint density at radius 2 is 1.86 bits per heavy atom. The summed E-state index contributed by atoms with van der Waals surface area (Å²) < 4.78 is 41.2. The number of nitrogens with zero attached hydrogens (tertiary/aromatic N) is 6. The lowest BCUT2D eigenvalue weighted by atomic mass is 10.0. The Labute approximate surface area is 258 Å². The molecule has 44 heavy (non-hydrogen) atoms. The first-order valence-electron chi connectivity index (χ1n) is 15.0. The summed E-state index contributed by atoms with van der Waals surface area (Å²) in [7, 11) is 0. The summed E-state index contributed by atoms with van der Waals surface area (Å²) in [5, 5.41) is 9.43. The van der Waals surface area contributed by atoms with Crippen LogP contribution >= 0.6 is 11.3 Å². The third-order valence-corrected chi connectivity index (χ3v) is 9.49. The smallest absolute Gasteiger partial charge is 0.416 e. The van der Waals surface area contributed by atoms with Crippen LogP contribution in [0, 0.1) is 6.92 Å². The zero-order chi connectivity index (χ0) is 31.4. The van der Waals surface area contributed by atoms with Crippen molar-refractivity contribution in [1.82, 2.24) is 24.8 Å². The normalized spacial score (nSPS) is 18.2. The number of halogens is 3. The number of carbonyl (C=O) groups is 2. The Kier molecular flexibility index (Phi) is 9.96. The molecule has 0 unspecified atom stereocenters. The zero-order valence-corrected chi connectivity index (χ0v) is 25.8. The van der Waals surface area contributed by atoms with Gasteiger partial charge in [0.2, 0.25) is 0 Å². The van der Waals surface area contributed by atoms with Gasteiger partial charge in [-0.2, -0.15) is 13.2 Å². The molecule has 2 aliphatic heterocycles. The molecular formula is C31H37F3N6O3S. The number of hydrogen-bond acceptors (Lipinski definition) is 9. The van der Waals surface area contributed by atoms with E-state index in [9.17, 15) is 22.8 Å². The van der Waals surface area contributed by atoms with Crippen molar-refractivity contribution < 1.29 is 27.9 Å². The van der Waals surface area contributed by atoms with Crippen LogP contribution in [0.2, 0.25) is 0 Å². The van der Waals surface area contributed by atoms with Crippen molar-refractivity contribution in [2.75, 3.05) is 44.2 Å². The molecule has 1 N–H and O–H groups in total. The van der Waals surface area contributed by atoms with Gasteiger partial charge >= 0.3 is 12.1 Å². The van der Waals surface area contributed by atoms with Gasteiger partial charge in [0.15, 0.2) is 5.78 Å². The zero-order valence-electron chi connectivity index (χ0n) is 24.9. The van der Waals surface area contributed by atoms with Gasteiger partial charge < -0.3 is 10.0 Å². The summed E-state index contributed by atoms with van der Waals surface area (Å²) >= 11 is 1.37. The number of ketones is 1. The lowest BCUT2D eigenvalue weighted by Crippen LogP contribution is -2.47. The topological polar surface area (TPSA) is 103 Å². The van der Waals surface area contributed by atoms with Gasteiger partial charge in [-0.25, -0.2) is 15.0 Å². The Morgan fingerprint density at radius 3 is 2.52 bits per heavy atom. The number of carboxylic acid groups (broad SMARTS) is 1. The summed E-state index contributed by atoms with van der Waals surface area (Å²) in [5.41, 5.74) is 0.561. The molecule has 4 heterocycles. The first-order chi connectivity index (χ1) is 21.0. The molecule has 1 aromatic carbocycles. The molecule has 2 fully saturated rings. The molecule has 1 atom stereocenters. The van der Waals surface area contributed by atoms with E-state index >= 15 is 0 Å². The molecule has 0 bridgehead atoms. The number of rotatable bonds is 11. The monoisotopic (exact) mass is 630 g/mol. The number of aromatic nitrogens is 3. The van der Waals surface area contributed by atoms with Gasteiger partial charge in [-0.15, -0.1) is 11.3 Å². The van der Waals surface area contributed by atoms with E-state index in [-0.39, 0.29) is 29.9 Å². The lowest BCUT2D eigenvalue weighted by molar-refractivity contribution is -0.138. The molecule has 3 aromatic rings. The van der Waals surface area contributed by atoms with Gasteiger partial charge in [0, 0.05) is 55.8 Å². The Bertz CT molecular complexity index is 1470. The number of anilines is 1. The number of hydrogen-bond donors (Lipinski definition) is 1. The highest BCUT2D eigenvalue weighted by Crippen LogP contribution is 2.37. The van der Waals surface area contributed by atoms with Crippen molar-refractivity contribution in [2.24, 2.45) is 0 Å². The maximum Gasteiger partial charge on any atom is 0.416 e. The minimum Gasteiger partial charge on any atom is -0.481 e. The van der Waals surface area contributed by atoms with Gasteiger partial charge in [0.25, 0.3) is 0 Å². The van der Waals surface area contributed by atoms with Crippen LogP contribution in [0.1, 0.15) is 64.1 Å². The first-order valence-corrected chi connectivity index (χ1v) is 15.8. The predicted molar refractivity (Wildman–Crippen MR) is 162 cm³/mol. The second-order valence-corrected chi connectivity index (χ2v) is 12.6. The lowest BCUT2D eigenvalue weighted by Gasteiger charge is -2.34. The number of carbonyl (C=O) groups excluding carboxylic acids is 1. The SMILES string of the molecule is CC[C@@H]1CCCN1Cc1sc(CC(=O)c2cnc(N3CCN(CCC(=O)O)CC3)cn2)nc1-c1ccc(C)c(C(F)(F)F)c1. The summed E-state index contributed by atoms with van der Waals surface area (Å²) in [6, 6.07) is 4.73. The van der Waals surface area contributed by atoms with Crippen molar-refractivity contribution in [3.8, 4) is 11.3 Å². The molecule has 2 aromatic heterocycles. The van der Waals surface area contributed by atoms with Crippen LogP contribution in [0.5, 0.6) is 0 Å². The standard InChI is InChI=1S/C31H37F3N6O3S/c1-3-22-5-4-9-40(22)19-26-30(21-7-6-20(2)23(15-21)31(32,33)34)37-28(44-26)16-25(41)24-17-36-27(18-35-24)39-13-11-38(12-14-39)10-8-29(42)43/h6-7,15,17-18,22H,3-5,8-14,16,19H2,1-2H3,(H,42,43)/t22-/m1/s1. The van der Waals surface area contributed by atoms with Crippen molar-refractivity contribution in [2.45, 2.75) is 64.7 Å². The average molecular weight is 631 g/mol. The summed E-state index contributed by atoms with van der Waals surface area (Å²) in [6.45, 7) is 8.38. The number of piperazine rings is 1. The van der Waals surface area contributed by atoms with Crippen LogP contribution in [-0.4, -0.2) is 86.9 Å². The Morgan fingerprint density at radius 1 is 1.09 bits per heavy atom. The van der Waals surface area contributed by atoms with Crippen LogP contribution in [0.3, 0.4) is 0 Å². The molecule has 0 radical (unpaired) electrons. The maximum absolute atomic E-state index is 13.7. The van der Waals surface area contributed by atoms with Crippen molar-refractivity contribution in [3.05, 3.63) is 57.3 Å². The quantitative estimate of drug-likeness (QED) is 0.282. The van der Waals surface area contributed by atoms with E-state index in [1.54, 1.807) is 12.3 Å². The van der Waals surface area contributed by atoms with Crippen LogP contribution in [0.4, 0.5) is 19.0 Å². The van der Waals surface area contributed by atoms with Crippen LogP contribution in [-0.2, 0) is 23.9 Å². The highest BCUT2D eigenvalue weighted by Gasteiger charge is 2.33. The highest BCUT2D eigenvalue weighted by molar-refractivity contribution is 7.12. The number of likely N-dealkylation sites (tertiary alicyclic amines) is 1. The minimum atomic E-state index is -4.48. The van der Waals surface area contributed by atoms with Crippen LogP contribution in [0.15, 0.2) is 30.6 Å². The number of aryl methyl sites for hydroxylation is 1. The second-order valence-electron chi connectivity index (χ2n) is 11.4. The van der Waals surface area contributed by atoms with Gasteiger partial charge in [-0.1, -0.05) is 19.1 Å². The molecule has 9 nitrogen and oxygen atoms in total. The van der Waals surface area contributed by atoms with Crippen LogP contribution in [0.25, 0.3) is 11.3 Å². The number of carboxylic acids is 1. The van der Waals surface area contributed by atoms with Gasteiger partial charge in [-0.05, 0) is 44.4 Å².